The predicted octanol–water partition coefficient (Wildman–Crippen LogP) is 7.31. The van der Waals surface area contributed by atoms with Gasteiger partial charge in [0, 0.05) is 9.58 Å². The van der Waals surface area contributed by atoms with Crippen LogP contribution in [0.3, 0.4) is 0 Å². The van der Waals surface area contributed by atoms with Gasteiger partial charge in [-0.05, 0) is 68.0 Å². The third-order valence-corrected chi connectivity index (χ3v) is 6.51. The highest BCUT2D eigenvalue weighted by Gasteiger charge is 2.25. The lowest BCUT2D eigenvalue weighted by Crippen LogP contribution is -2.12. The van der Waals surface area contributed by atoms with Crippen LogP contribution in [0.4, 0.5) is 8.78 Å². The van der Waals surface area contributed by atoms with E-state index < -0.39 is 6.43 Å². The van der Waals surface area contributed by atoms with E-state index in [9.17, 15) is 8.78 Å². The Bertz CT molecular complexity index is 672. The van der Waals surface area contributed by atoms with Gasteiger partial charge in [-0.1, -0.05) is 19.8 Å². The highest BCUT2D eigenvalue weighted by atomic mass is 32.1. The summed E-state index contributed by atoms with van der Waals surface area (Å²) in [6.07, 6.45) is 5.03. The second-order valence-corrected chi connectivity index (χ2v) is 7.87. The van der Waals surface area contributed by atoms with Crippen LogP contribution in [0.1, 0.15) is 75.2 Å². The van der Waals surface area contributed by atoms with Gasteiger partial charge in [0.25, 0.3) is 6.43 Å². The molecule has 0 bridgehead atoms. The third kappa shape index (κ3) is 3.58. The maximum atomic E-state index is 13.6. The Morgan fingerprint density at radius 1 is 1.17 bits per heavy atom. The van der Waals surface area contributed by atoms with Crippen LogP contribution in [0.25, 0.3) is 10.1 Å². The van der Waals surface area contributed by atoms with Crippen molar-refractivity contribution in [2.45, 2.75) is 64.7 Å². The Hall–Kier alpha value is -1.16. The maximum absolute atomic E-state index is 13.6. The first kappa shape index (κ1) is 17.7. The number of thiophene rings is 1. The Morgan fingerprint density at radius 2 is 1.92 bits per heavy atom. The summed E-state index contributed by atoms with van der Waals surface area (Å²) in [5.74, 6) is 1.73. The number of alkyl halides is 2. The molecule has 1 aliphatic rings. The van der Waals surface area contributed by atoms with E-state index in [2.05, 4.69) is 13.0 Å². The first-order valence-electron chi connectivity index (χ1n) is 9.11. The van der Waals surface area contributed by atoms with Crippen LogP contribution in [0.15, 0.2) is 18.2 Å². The Kier molecular flexibility index (Phi) is 5.75. The van der Waals surface area contributed by atoms with E-state index >= 15 is 0 Å². The van der Waals surface area contributed by atoms with E-state index in [1.54, 1.807) is 17.4 Å². The maximum Gasteiger partial charge on any atom is 0.268 e. The molecule has 24 heavy (non-hydrogen) atoms. The molecule has 1 aromatic heterocycles. The Morgan fingerprint density at radius 3 is 2.54 bits per heavy atom. The van der Waals surface area contributed by atoms with E-state index in [1.807, 2.05) is 13.0 Å². The van der Waals surface area contributed by atoms with Crippen LogP contribution in [0.2, 0.25) is 0 Å². The molecule has 0 aliphatic heterocycles. The average Bonchev–Trinajstić information content (AvgIpc) is 2.99. The number of ether oxygens (including phenoxy) is 1. The van der Waals surface area contributed by atoms with Gasteiger partial charge in [-0.25, -0.2) is 8.78 Å². The molecule has 0 radical (unpaired) electrons. The number of rotatable bonds is 6. The lowest BCUT2D eigenvalue weighted by molar-refractivity contribution is 0.147. The standard InChI is InChI=1S/C20H26F2OS/c1-3-5-13-6-8-14(9-7-13)17-12-15-10-11-16(23-4-2)18(20(21)22)19(15)24-17/h10-14,20H,3-9H2,1-2H3. The molecule has 0 N–H and O–H groups in total. The molecule has 132 valence electrons. The molecule has 1 aliphatic carbocycles. The van der Waals surface area contributed by atoms with Crippen molar-refractivity contribution in [3.8, 4) is 5.75 Å². The molecule has 1 saturated carbocycles. The van der Waals surface area contributed by atoms with Gasteiger partial charge < -0.3 is 4.74 Å². The quantitative estimate of drug-likeness (QED) is 0.529. The van der Waals surface area contributed by atoms with Crippen LogP contribution in [-0.2, 0) is 0 Å². The van der Waals surface area contributed by atoms with E-state index in [-0.39, 0.29) is 5.56 Å². The summed E-state index contributed by atoms with van der Waals surface area (Å²) >= 11 is 1.55. The van der Waals surface area contributed by atoms with Crippen molar-refractivity contribution in [2.75, 3.05) is 6.61 Å². The normalized spacial score (nSPS) is 21.5. The first-order chi connectivity index (χ1) is 11.6. The van der Waals surface area contributed by atoms with Crippen molar-refractivity contribution in [1.82, 2.24) is 0 Å². The first-order valence-corrected chi connectivity index (χ1v) is 9.92. The van der Waals surface area contributed by atoms with Gasteiger partial charge in [0.15, 0.2) is 0 Å². The van der Waals surface area contributed by atoms with Crippen molar-refractivity contribution >= 4 is 21.4 Å². The van der Waals surface area contributed by atoms with Crippen molar-refractivity contribution in [1.29, 1.82) is 0 Å². The minimum absolute atomic E-state index is 0.0743. The molecule has 1 nitrogen and oxygen atoms in total. The zero-order chi connectivity index (χ0) is 17.1. The van der Waals surface area contributed by atoms with Crippen LogP contribution in [-0.4, -0.2) is 6.61 Å². The van der Waals surface area contributed by atoms with Gasteiger partial charge >= 0.3 is 0 Å². The number of benzene rings is 1. The molecule has 1 aromatic carbocycles. The summed E-state index contributed by atoms with van der Waals surface area (Å²) in [5, 5.41) is 0.935. The highest BCUT2D eigenvalue weighted by molar-refractivity contribution is 7.19. The highest BCUT2D eigenvalue weighted by Crippen LogP contribution is 2.45. The lowest BCUT2D eigenvalue weighted by Gasteiger charge is -2.27. The molecule has 0 spiro atoms. The van der Waals surface area contributed by atoms with Gasteiger partial charge in [-0.15, -0.1) is 11.3 Å². The Balaban J connectivity index is 1.87. The van der Waals surface area contributed by atoms with Crippen LogP contribution in [0.5, 0.6) is 5.75 Å². The molecule has 0 saturated heterocycles. The molecule has 0 amide bonds. The number of hydrogen-bond acceptors (Lipinski definition) is 2. The summed E-state index contributed by atoms with van der Waals surface area (Å²) in [6, 6.07) is 5.75. The molecule has 1 heterocycles. The topological polar surface area (TPSA) is 9.23 Å². The summed E-state index contributed by atoms with van der Waals surface area (Å²) in [5.41, 5.74) is 0.0743. The van der Waals surface area contributed by atoms with E-state index in [0.29, 0.717) is 23.0 Å². The summed E-state index contributed by atoms with van der Waals surface area (Å²) < 4.78 is 33.3. The smallest absolute Gasteiger partial charge is 0.268 e. The van der Waals surface area contributed by atoms with Crippen LogP contribution >= 0.6 is 11.3 Å². The van der Waals surface area contributed by atoms with Crippen LogP contribution < -0.4 is 4.74 Å². The van der Waals surface area contributed by atoms with Crippen molar-refractivity contribution < 1.29 is 13.5 Å². The van der Waals surface area contributed by atoms with Crippen molar-refractivity contribution in [3.05, 3.63) is 28.6 Å². The lowest BCUT2D eigenvalue weighted by atomic mass is 9.79. The number of hydrogen-bond donors (Lipinski definition) is 0. The van der Waals surface area contributed by atoms with E-state index in [4.69, 9.17) is 4.74 Å². The van der Waals surface area contributed by atoms with Gasteiger partial charge in [-0.2, -0.15) is 0 Å². The number of halogens is 2. The fraction of sp³-hybridized carbons (Fsp3) is 0.600. The van der Waals surface area contributed by atoms with Gasteiger partial charge in [-0.3, -0.25) is 0 Å². The van der Waals surface area contributed by atoms with Crippen molar-refractivity contribution in [3.63, 3.8) is 0 Å². The molecule has 1 fully saturated rings. The largest absolute Gasteiger partial charge is 0.493 e. The van der Waals surface area contributed by atoms with Crippen molar-refractivity contribution in [2.24, 2.45) is 5.92 Å². The third-order valence-electron chi connectivity index (χ3n) is 5.17. The molecule has 4 heteroatoms. The fourth-order valence-corrected chi connectivity index (χ4v) is 5.33. The summed E-state index contributed by atoms with van der Waals surface area (Å²) in [6.45, 7) is 4.48. The van der Waals surface area contributed by atoms with E-state index in [1.165, 1.54) is 43.4 Å². The van der Waals surface area contributed by atoms with Crippen LogP contribution in [0, 0.1) is 5.92 Å². The zero-order valence-electron chi connectivity index (χ0n) is 14.5. The molecule has 0 atom stereocenters. The second kappa shape index (κ2) is 7.81. The molecule has 2 aromatic rings. The fourth-order valence-electron chi connectivity index (χ4n) is 3.96. The molecule has 0 unspecified atom stereocenters. The molecule has 3 rings (SSSR count). The van der Waals surface area contributed by atoms with Gasteiger partial charge in [0.1, 0.15) is 5.75 Å². The monoisotopic (exact) mass is 352 g/mol. The molecular formula is C20H26F2OS. The number of fused-ring (bicyclic) bond motifs is 1. The summed E-state index contributed by atoms with van der Waals surface area (Å²) in [4.78, 5) is 1.27. The van der Waals surface area contributed by atoms with Gasteiger partial charge in [0.2, 0.25) is 0 Å². The Labute approximate surface area is 147 Å². The average molecular weight is 352 g/mol. The van der Waals surface area contributed by atoms with Gasteiger partial charge in [0.05, 0.1) is 12.2 Å². The zero-order valence-corrected chi connectivity index (χ0v) is 15.3. The summed E-state index contributed by atoms with van der Waals surface area (Å²) in [7, 11) is 0. The SMILES string of the molecule is CCCC1CCC(c2cc3ccc(OCC)c(C(F)F)c3s2)CC1. The second-order valence-electron chi connectivity index (χ2n) is 6.78. The minimum Gasteiger partial charge on any atom is -0.493 e. The molecular weight excluding hydrogens is 326 g/mol. The predicted molar refractivity (Wildman–Crippen MR) is 97.6 cm³/mol. The van der Waals surface area contributed by atoms with E-state index in [0.717, 1.165) is 11.3 Å². The minimum atomic E-state index is -2.50.